The van der Waals surface area contributed by atoms with Gasteiger partial charge in [-0.2, -0.15) is 0 Å². The van der Waals surface area contributed by atoms with Crippen molar-refractivity contribution in [2.75, 3.05) is 0 Å². The molecule has 172 valence electrons. The van der Waals surface area contributed by atoms with Crippen molar-refractivity contribution in [3.05, 3.63) is 66.4 Å². The van der Waals surface area contributed by atoms with E-state index in [1.54, 1.807) is 18.2 Å². The van der Waals surface area contributed by atoms with E-state index in [9.17, 15) is 13.2 Å². The van der Waals surface area contributed by atoms with E-state index in [2.05, 4.69) is 62.8 Å². The third kappa shape index (κ3) is 4.28. The number of benzene rings is 2. The number of nitrogens with zero attached hydrogens (tertiary/aromatic N) is 1. The first-order chi connectivity index (χ1) is 15.0. The number of carbonyl (C=O) groups is 1. The molecule has 0 fully saturated rings. The van der Waals surface area contributed by atoms with Gasteiger partial charge < -0.3 is 4.23 Å². The van der Waals surface area contributed by atoms with Crippen LogP contribution >= 0.6 is 0 Å². The fraction of sp³-hybridized carbons (Fsp3) is 0.400. The van der Waals surface area contributed by atoms with Gasteiger partial charge in [-0.05, 0) is 46.6 Å². The Hall–Kier alpha value is -2.38. The maximum absolute atomic E-state index is 12.8. The Bertz CT molecular complexity index is 1180. The van der Waals surface area contributed by atoms with Crippen molar-refractivity contribution >= 4 is 35.1 Å². The number of aromatic nitrogens is 1. The van der Waals surface area contributed by atoms with Crippen molar-refractivity contribution in [2.24, 2.45) is 0 Å². The lowest BCUT2D eigenvalue weighted by atomic mass is 10.1. The van der Waals surface area contributed by atoms with Crippen molar-refractivity contribution in [1.82, 2.24) is 8.95 Å². The van der Waals surface area contributed by atoms with Crippen LogP contribution in [0.2, 0.25) is 16.6 Å². The van der Waals surface area contributed by atoms with Crippen LogP contribution in [0.5, 0.6) is 0 Å². The van der Waals surface area contributed by atoms with Crippen LogP contribution < -0.4 is 4.72 Å². The molecule has 5 nitrogen and oxygen atoms in total. The molecule has 0 saturated heterocycles. The van der Waals surface area contributed by atoms with Crippen molar-refractivity contribution in [2.45, 2.75) is 69.5 Å². The minimum absolute atomic E-state index is 0.0122. The summed E-state index contributed by atoms with van der Waals surface area (Å²) in [6.45, 7) is 13.8. The number of carbonyl (C=O) groups excluding carboxylic acids is 1. The van der Waals surface area contributed by atoms with Crippen molar-refractivity contribution in [1.29, 1.82) is 0 Å². The van der Waals surface area contributed by atoms with E-state index in [1.165, 1.54) is 12.1 Å². The molecule has 1 amide bonds. The summed E-state index contributed by atoms with van der Waals surface area (Å²) in [5, 5.41) is 1.01. The molecule has 1 N–H and O–H groups in total. The minimum atomic E-state index is -3.89. The number of sulfonamides is 1. The molecule has 0 bridgehead atoms. The average Bonchev–Trinajstić information content (AvgIpc) is 3.06. The SMILES string of the molecule is CC(C)[Si](C(C)C)(C(C)C)n1cc(CC(=O)NS(=O)(=O)c2ccccc2)c2ccccc21. The van der Waals surface area contributed by atoms with Crippen LogP contribution in [0.25, 0.3) is 10.9 Å². The molecule has 0 aliphatic carbocycles. The summed E-state index contributed by atoms with van der Waals surface area (Å²) in [4.78, 5) is 12.9. The quantitative estimate of drug-likeness (QED) is 0.429. The molecule has 7 heteroatoms. The van der Waals surface area contributed by atoms with Gasteiger partial charge in [0.1, 0.15) is 0 Å². The molecule has 2 aromatic carbocycles. The summed E-state index contributed by atoms with van der Waals surface area (Å²) >= 11 is 0. The van der Waals surface area contributed by atoms with Crippen molar-refractivity contribution in [3.8, 4) is 0 Å². The van der Waals surface area contributed by atoms with E-state index in [0.29, 0.717) is 16.6 Å². The smallest absolute Gasteiger partial charge is 0.264 e. The van der Waals surface area contributed by atoms with E-state index in [0.717, 1.165) is 16.5 Å². The van der Waals surface area contributed by atoms with Gasteiger partial charge in [0.25, 0.3) is 10.0 Å². The Morgan fingerprint density at radius 1 is 0.875 bits per heavy atom. The second-order valence-corrected chi connectivity index (χ2v) is 16.8. The molecular formula is C25H34N2O3SSi. The predicted octanol–water partition coefficient (Wildman–Crippen LogP) is 5.71. The molecule has 3 aromatic rings. The topological polar surface area (TPSA) is 68.2 Å². The fourth-order valence-electron chi connectivity index (χ4n) is 5.56. The summed E-state index contributed by atoms with van der Waals surface area (Å²) in [6, 6.07) is 16.1. The van der Waals surface area contributed by atoms with Gasteiger partial charge in [0.15, 0.2) is 8.24 Å². The average molecular weight is 471 g/mol. The summed E-state index contributed by atoms with van der Waals surface area (Å²) in [5.41, 5.74) is 3.49. The van der Waals surface area contributed by atoms with Gasteiger partial charge in [-0.25, -0.2) is 13.1 Å². The highest BCUT2D eigenvalue weighted by Crippen LogP contribution is 2.44. The van der Waals surface area contributed by atoms with E-state index < -0.39 is 24.2 Å². The van der Waals surface area contributed by atoms with Gasteiger partial charge in [-0.1, -0.05) is 77.9 Å². The van der Waals surface area contributed by atoms with E-state index in [4.69, 9.17) is 0 Å². The lowest BCUT2D eigenvalue weighted by Crippen LogP contribution is -2.51. The number of hydrogen-bond donors (Lipinski definition) is 1. The summed E-state index contributed by atoms with van der Waals surface area (Å²) in [5.74, 6) is -0.525. The minimum Gasteiger partial charge on any atom is -0.373 e. The van der Waals surface area contributed by atoms with Gasteiger partial charge in [0.05, 0.1) is 11.3 Å². The Kier molecular flexibility index (Phi) is 7.00. The fourth-order valence-corrected chi connectivity index (χ4v) is 13.2. The highest BCUT2D eigenvalue weighted by atomic mass is 32.2. The first-order valence-electron chi connectivity index (χ1n) is 11.2. The molecule has 0 atom stereocenters. The van der Waals surface area contributed by atoms with Crippen LogP contribution in [-0.2, 0) is 21.2 Å². The monoisotopic (exact) mass is 470 g/mol. The molecule has 1 aromatic heterocycles. The highest BCUT2D eigenvalue weighted by Gasteiger charge is 2.46. The van der Waals surface area contributed by atoms with Crippen molar-refractivity contribution in [3.63, 3.8) is 0 Å². The van der Waals surface area contributed by atoms with E-state index >= 15 is 0 Å². The number of hydrogen-bond acceptors (Lipinski definition) is 3. The van der Waals surface area contributed by atoms with Gasteiger partial charge in [0.2, 0.25) is 5.91 Å². The van der Waals surface area contributed by atoms with Gasteiger partial charge >= 0.3 is 0 Å². The third-order valence-corrected chi connectivity index (χ3v) is 14.8. The maximum Gasteiger partial charge on any atom is 0.264 e. The number of rotatable bonds is 8. The number of nitrogens with one attached hydrogen (secondary N) is 1. The van der Waals surface area contributed by atoms with Crippen molar-refractivity contribution < 1.29 is 13.2 Å². The summed E-state index contributed by atoms with van der Waals surface area (Å²) in [7, 11) is -5.92. The largest absolute Gasteiger partial charge is 0.373 e. The number of fused-ring (bicyclic) bond motifs is 1. The first-order valence-corrected chi connectivity index (χ1v) is 14.9. The van der Waals surface area contributed by atoms with Gasteiger partial charge in [-0.3, -0.25) is 4.79 Å². The molecule has 1 heterocycles. The van der Waals surface area contributed by atoms with Crippen LogP contribution in [0, 0.1) is 0 Å². The zero-order chi connectivity index (χ0) is 23.7. The lowest BCUT2D eigenvalue weighted by molar-refractivity contribution is -0.118. The lowest BCUT2D eigenvalue weighted by Gasteiger charge is -2.44. The van der Waals surface area contributed by atoms with Crippen LogP contribution in [0.4, 0.5) is 0 Å². The van der Waals surface area contributed by atoms with E-state index in [1.807, 2.05) is 18.2 Å². The Labute approximate surface area is 193 Å². The third-order valence-electron chi connectivity index (χ3n) is 6.64. The molecule has 0 saturated carbocycles. The molecule has 0 aliphatic rings. The van der Waals surface area contributed by atoms with Crippen LogP contribution in [0.1, 0.15) is 47.1 Å². The molecule has 0 aliphatic heterocycles. The molecule has 0 spiro atoms. The van der Waals surface area contributed by atoms with Gasteiger partial charge in [0, 0.05) is 10.9 Å². The van der Waals surface area contributed by atoms with E-state index in [-0.39, 0.29) is 11.3 Å². The Morgan fingerprint density at radius 2 is 1.41 bits per heavy atom. The predicted molar refractivity (Wildman–Crippen MR) is 134 cm³/mol. The Balaban J connectivity index is 2.04. The van der Waals surface area contributed by atoms with Gasteiger partial charge in [-0.15, -0.1) is 0 Å². The van der Waals surface area contributed by atoms with Crippen LogP contribution in [0.15, 0.2) is 65.7 Å². The number of amides is 1. The number of para-hydroxylation sites is 1. The highest BCUT2D eigenvalue weighted by molar-refractivity contribution is 7.90. The summed E-state index contributed by atoms with van der Waals surface area (Å²) < 4.78 is 29.9. The van der Waals surface area contributed by atoms with Crippen LogP contribution in [0.3, 0.4) is 0 Å². The molecule has 3 rings (SSSR count). The zero-order valence-electron chi connectivity index (χ0n) is 19.8. The Morgan fingerprint density at radius 3 is 1.97 bits per heavy atom. The summed E-state index contributed by atoms with van der Waals surface area (Å²) in [6.07, 6.45) is 2.13. The zero-order valence-corrected chi connectivity index (χ0v) is 21.6. The molecular weight excluding hydrogens is 436 g/mol. The molecule has 0 radical (unpaired) electrons. The second-order valence-electron chi connectivity index (χ2n) is 9.41. The standard InChI is InChI=1S/C25H34N2O3SSi/c1-18(2)32(19(3)4,20(5)6)27-17-21(23-14-10-11-15-24(23)27)16-25(28)26-31(29,30)22-12-8-7-9-13-22/h7-15,17-20H,16H2,1-6H3,(H,26,28). The maximum atomic E-state index is 12.8. The van der Waals surface area contributed by atoms with Crippen LogP contribution in [-0.4, -0.2) is 26.8 Å². The second kappa shape index (κ2) is 9.23. The molecule has 32 heavy (non-hydrogen) atoms. The molecule has 0 unspecified atom stereocenters. The first kappa shape index (κ1) is 24.3. The normalized spacial score (nSPS) is 12.8.